The molecule has 1 aromatic rings. The Morgan fingerprint density at radius 3 is 2.40 bits per heavy atom. The van der Waals surface area contributed by atoms with Gasteiger partial charge in [-0.1, -0.05) is 25.1 Å². The van der Waals surface area contributed by atoms with Crippen LogP contribution in [0.1, 0.15) is 13.0 Å². The highest BCUT2D eigenvalue weighted by Gasteiger charge is 1.97. The number of benzene rings is 1. The zero-order valence-electron chi connectivity index (χ0n) is 4.99. The van der Waals surface area contributed by atoms with E-state index in [0.717, 1.165) is 0 Å². The molecule has 0 spiro atoms. The Balaban J connectivity index is 0.000000810. The van der Waals surface area contributed by atoms with Crippen molar-refractivity contribution in [2.75, 3.05) is 0 Å². The van der Waals surface area contributed by atoms with E-state index >= 15 is 0 Å². The van der Waals surface area contributed by atoms with Crippen LogP contribution >= 0.6 is 11.6 Å². The van der Waals surface area contributed by atoms with Crippen molar-refractivity contribution in [3.63, 3.8) is 0 Å². The Morgan fingerprint density at radius 2 is 2.00 bits per heavy atom. The van der Waals surface area contributed by atoms with Crippen LogP contribution in [0.3, 0.4) is 0 Å². The Hall–Kier alpha value is -0.560. The molecule has 0 bridgehead atoms. The third kappa shape index (κ3) is 1.71. The molecule has 0 aromatic heterocycles. The molecule has 0 unspecified atom stereocenters. The zero-order chi connectivity index (χ0) is 6.85. The van der Waals surface area contributed by atoms with Crippen LogP contribution in [-0.2, 0) is 0 Å². The van der Waals surface area contributed by atoms with Gasteiger partial charge in [-0.25, -0.2) is 4.39 Å². The lowest BCUT2D eigenvalue weighted by Crippen LogP contribution is -1.80. The van der Waals surface area contributed by atoms with Gasteiger partial charge in [-0.2, -0.15) is 0 Å². The molecule has 1 aromatic carbocycles. The van der Waals surface area contributed by atoms with Crippen molar-refractivity contribution in [3.8, 4) is 0 Å². The van der Waals surface area contributed by atoms with Gasteiger partial charge in [-0.3, -0.25) is 0 Å². The molecule has 0 aliphatic rings. The van der Waals surface area contributed by atoms with Crippen molar-refractivity contribution < 1.29 is 4.39 Å². The summed E-state index contributed by atoms with van der Waals surface area (Å²) in [4.78, 5) is 0. The van der Waals surface area contributed by atoms with Crippen molar-refractivity contribution in [2.45, 2.75) is 14.4 Å². The smallest absolute Gasteiger partial charge is 0.127 e. The molecule has 1 rings (SSSR count). The average molecular weight is 161 g/mol. The van der Waals surface area contributed by atoms with Crippen molar-refractivity contribution >= 4 is 11.6 Å². The van der Waals surface area contributed by atoms with E-state index in [0.29, 0.717) is 10.6 Å². The summed E-state index contributed by atoms with van der Waals surface area (Å²) in [6.07, 6.45) is 0. The summed E-state index contributed by atoms with van der Waals surface area (Å²) in [5.74, 6) is -0.248. The highest BCUT2D eigenvalue weighted by atomic mass is 35.5. The third-order valence-corrected chi connectivity index (χ3v) is 1.61. The first-order chi connectivity index (χ1) is 4.22. The molecular formula is C8H10ClF. The summed E-state index contributed by atoms with van der Waals surface area (Å²) >= 11 is 5.57. The standard InChI is InChI=1S/C7H6ClF.CH4/c1-5-6(8)3-2-4-7(5)9;/h2-4H,1H3;1H4. The second-order valence-electron chi connectivity index (χ2n) is 1.85. The molecule has 0 atom stereocenters. The maximum atomic E-state index is 12.5. The van der Waals surface area contributed by atoms with E-state index in [1.165, 1.54) is 6.07 Å². The fourth-order valence-corrected chi connectivity index (χ4v) is 0.744. The largest absolute Gasteiger partial charge is 0.207 e. The maximum Gasteiger partial charge on any atom is 0.127 e. The topological polar surface area (TPSA) is 0 Å². The quantitative estimate of drug-likeness (QED) is 0.546. The van der Waals surface area contributed by atoms with Gasteiger partial charge in [0.1, 0.15) is 5.82 Å². The molecule has 2 heteroatoms. The lowest BCUT2D eigenvalue weighted by Gasteiger charge is -1.95. The van der Waals surface area contributed by atoms with Gasteiger partial charge in [-0.05, 0) is 19.1 Å². The number of hydrogen-bond donors (Lipinski definition) is 0. The zero-order valence-corrected chi connectivity index (χ0v) is 5.74. The Bertz CT molecular complexity index is 200. The first-order valence-electron chi connectivity index (χ1n) is 2.62. The molecule has 0 radical (unpaired) electrons. The van der Waals surface area contributed by atoms with Gasteiger partial charge in [0.05, 0.1) is 0 Å². The fraction of sp³-hybridized carbons (Fsp3) is 0.250. The van der Waals surface area contributed by atoms with Gasteiger partial charge in [-0.15, -0.1) is 0 Å². The number of hydrogen-bond acceptors (Lipinski definition) is 0. The molecule has 0 N–H and O–H groups in total. The van der Waals surface area contributed by atoms with E-state index in [1.807, 2.05) is 0 Å². The summed E-state index contributed by atoms with van der Waals surface area (Å²) in [5.41, 5.74) is 0.513. The van der Waals surface area contributed by atoms with Crippen LogP contribution in [0.2, 0.25) is 5.02 Å². The Morgan fingerprint density at radius 1 is 1.40 bits per heavy atom. The van der Waals surface area contributed by atoms with Gasteiger partial charge in [0.2, 0.25) is 0 Å². The predicted molar refractivity (Wildman–Crippen MR) is 42.9 cm³/mol. The predicted octanol–water partition coefficient (Wildman–Crippen LogP) is 3.42. The van der Waals surface area contributed by atoms with Gasteiger partial charge in [0.25, 0.3) is 0 Å². The highest BCUT2D eigenvalue weighted by molar-refractivity contribution is 6.31. The SMILES string of the molecule is C.Cc1c(F)cccc1Cl. The lowest BCUT2D eigenvalue weighted by atomic mass is 10.2. The maximum absolute atomic E-state index is 12.5. The molecule has 0 aliphatic carbocycles. The molecule has 0 saturated carbocycles. The second kappa shape index (κ2) is 3.57. The minimum absolute atomic E-state index is 0. The molecule has 0 nitrogen and oxygen atoms in total. The second-order valence-corrected chi connectivity index (χ2v) is 2.25. The molecule has 0 saturated heterocycles. The van der Waals surface area contributed by atoms with E-state index < -0.39 is 0 Å². The third-order valence-electron chi connectivity index (χ3n) is 1.20. The molecule has 10 heavy (non-hydrogen) atoms. The van der Waals surface area contributed by atoms with Crippen LogP contribution in [-0.4, -0.2) is 0 Å². The van der Waals surface area contributed by atoms with Crippen LogP contribution in [0.15, 0.2) is 18.2 Å². The molecule has 0 amide bonds. The normalized spacial score (nSPS) is 8.70. The van der Waals surface area contributed by atoms with Crippen molar-refractivity contribution in [2.24, 2.45) is 0 Å². The monoisotopic (exact) mass is 160 g/mol. The molecule has 56 valence electrons. The van der Waals surface area contributed by atoms with Gasteiger partial charge in [0, 0.05) is 10.6 Å². The van der Waals surface area contributed by atoms with Crippen LogP contribution in [0, 0.1) is 12.7 Å². The fourth-order valence-electron chi connectivity index (χ4n) is 0.581. The number of rotatable bonds is 0. The lowest BCUT2D eigenvalue weighted by molar-refractivity contribution is 0.618. The van der Waals surface area contributed by atoms with E-state index in [-0.39, 0.29) is 13.2 Å². The van der Waals surface area contributed by atoms with Crippen molar-refractivity contribution in [3.05, 3.63) is 34.6 Å². The first-order valence-corrected chi connectivity index (χ1v) is 3.00. The van der Waals surface area contributed by atoms with Crippen LogP contribution in [0.5, 0.6) is 0 Å². The van der Waals surface area contributed by atoms with Crippen molar-refractivity contribution in [1.82, 2.24) is 0 Å². The summed E-state index contributed by atoms with van der Waals surface area (Å²) < 4.78 is 12.5. The molecule has 0 heterocycles. The minimum Gasteiger partial charge on any atom is -0.207 e. The molecule has 0 fully saturated rings. The minimum atomic E-state index is -0.248. The van der Waals surface area contributed by atoms with E-state index in [9.17, 15) is 4.39 Å². The van der Waals surface area contributed by atoms with Crippen LogP contribution < -0.4 is 0 Å². The highest BCUT2D eigenvalue weighted by Crippen LogP contribution is 2.16. The average Bonchev–Trinajstić information content (AvgIpc) is 1.83. The van der Waals surface area contributed by atoms with Crippen molar-refractivity contribution in [1.29, 1.82) is 0 Å². The van der Waals surface area contributed by atoms with Gasteiger partial charge in [0.15, 0.2) is 0 Å². The number of halogens is 2. The van der Waals surface area contributed by atoms with Gasteiger partial charge >= 0.3 is 0 Å². The van der Waals surface area contributed by atoms with Gasteiger partial charge < -0.3 is 0 Å². The Kier molecular flexibility index (Phi) is 3.37. The summed E-state index contributed by atoms with van der Waals surface area (Å²) in [5, 5.41) is 0.481. The summed E-state index contributed by atoms with van der Waals surface area (Å²) in [6.45, 7) is 1.65. The molecule has 0 aliphatic heterocycles. The summed E-state index contributed by atoms with van der Waals surface area (Å²) in [6, 6.07) is 4.64. The van der Waals surface area contributed by atoms with E-state index in [2.05, 4.69) is 0 Å². The first kappa shape index (κ1) is 9.44. The molecular weight excluding hydrogens is 151 g/mol. The Labute approximate surface area is 65.6 Å². The van der Waals surface area contributed by atoms with Crippen LogP contribution in [0.25, 0.3) is 0 Å². The van der Waals surface area contributed by atoms with E-state index in [4.69, 9.17) is 11.6 Å². The van der Waals surface area contributed by atoms with Crippen LogP contribution in [0.4, 0.5) is 4.39 Å². The summed E-state index contributed by atoms with van der Waals surface area (Å²) in [7, 11) is 0. The van der Waals surface area contributed by atoms with E-state index in [1.54, 1.807) is 19.1 Å².